The molecule has 150 valence electrons. The molecule has 0 aliphatic carbocycles. The molecule has 4 rings (SSSR count). The minimum absolute atomic E-state index is 0.000331. The molecule has 3 aromatic rings. The third-order valence-electron chi connectivity index (χ3n) is 5.97. The highest BCUT2D eigenvalue weighted by atomic mass is 32.1. The monoisotopic (exact) mass is 404 g/mol. The average molecular weight is 405 g/mol. The molecule has 1 aromatic carbocycles. The first-order valence-electron chi connectivity index (χ1n) is 10.3. The molecule has 2 atom stereocenters. The standard InChI is InChI=1S/C24H28N4S/c1-5-18-10-12-19(13-11-18)28-23(20-15-16(3)27(6-2)17(20)4)22(26-24(28)29)21-9-7-8-14-25-21/h7-15,22-23H,5-6H2,1-4H3,(H,26,29)/t22-,23+/m0/s1. The van der Waals surface area contributed by atoms with E-state index < -0.39 is 0 Å². The fraction of sp³-hybridized carbons (Fsp3) is 0.333. The fourth-order valence-corrected chi connectivity index (χ4v) is 4.80. The van der Waals surface area contributed by atoms with Gasteiger partial charge in [0.05, 0.1) is 17.8 Å². The van der Waals surface area contributed by atoms with Crippen molar-refractivity contribution >= 4 is 23.0 Å². The fourth-order valence-electron chi connectivity index (χ4n) is 4.46. The molecule has 0 amide bonds. The van der Waals surface area contributed by atoms with Crippen LogP contribution in [0.25, 0.3) is 0 Å². The molecule has 0 unspecified atom stereocenters. The number of aryl methyl sites for hydroxylation is 2. The van der Waals surface area contributed by atoms with Gasteiger partial charge in [-0.05, 0) is 80.9 Å². The number of nitrogens with zero attached hydrogens (tertiary/aromatic N) is 3. The Hall–Kier alpha value is -2.66. The predicted octanol–water partition coefficient (Wildman–Crippen LogP) is 5.26. The second-order valence-electron chi connectivity index (χ2n) is 7.59. The summed E-state index contributed by atoms with van der Waals surface area (Å²) < 4.78 is 2.37. The van der Waals surface area contributed by atoms with Crippen molar-refractivity contribution in [3.63, 3.8) is 0 Å². The first kappa shape index (κ1) is 19.6. The van der Waals surface area contributed by atoms with Gasteiger partial charge >= 0.3 is 0 Å². The minimum Gasteiger partial charge on any atom is -0.351 e. The van der Waals surface area contributed by atoms with Crippen molar-refractivity contribution in [2.45, 2.75) is 52.7 Å². The van der Waals surface area contributed by atoms with Crippen LogP contribution in [0.15, 0.2) is 54.7 Å². The van der Waals surface area contributed by atoms with Crippen LogP contribution in [0.4, 0.5) is 5.69 Å². The van der Waals surface area contributed by atoms with Crippen molar-refractivity contribution < 1.29 is 0 Å². The quantitative estimate of drug-likeness (QED) is 0.588. The maximum atomic E-state index is 5.83. The van der Waals surface area contributed by atoms with E-state index in [4.69, 9.17) is 12.2 Å². The van der Waals surface area contributed by atoms with Crippen molar-refractivity contribution in [3.8, 4) is 0 Å². The summed E-state index contributed by atoms with van der Waals surface area (Å²) in [5.74, 6) is 0. The Kier molecular flexibility index (Phi) is 5.41. The Labute approximate surface area is 178 Å². The zero-order chi connectivity index (χ0) is 20.5. The molecule has 3 heterocycles. The molecular weight excluding hydrogens is 376 g/mol. The Balaban J connectivity index is 1.85. The molecular formula is C24H28N4S. The number of pyridine rings is 1. The van der Waals surface area contributed by atoms with Crippen molar-refractivity contribution in [2.75, 3.05) is 4.90 Å². The lowest BCUT2D eigenvalue weighted by molar-refractivity contribution is 0.563. The molecule has 0 radical (unpaired) electrons. The zero-order valence-electron chi connectivity index (χ0n) is 17.5. The van der Waals surface area contributed by atoms with Crippen LogP contribution in [0.1, 0.15) is 54.1 Å². The van der Waals surface area contributed by atoms with Crippen molar-refractivity contribution in [3.05, 3.63) is 82.9 Å². The van der Waals surface area contributed by atoms with Crippen molar-refractivity contribution in [1.29, 1.82) is 0 Å². The van der Waals surface area contributed by atoms with Gasteiger partial charge in [-0.1, -0.05) is 25.1 Å². The average Bonchev–Trinajstić information content (AvgIpc) is 3.24. The van der Waals surface area contributed by atoms with E-state index in [9.17, 15) is 0 Å². The molecule has 0 spiro atoms. The number of aromatic nitrogens is 2. The van der Waals surface area contributed by atoms with Gasteiger partial charge in [-0.25, -0.2) is 0 Å². The summed E-state index contributed by atoms with van der Waals surface area (Å²) in [5.41, 5.74) is 7.32. The van der Waals surface area contributed by atoms with Crippen LogP contribution >= 0.6 is 12.2 Å². The van der Waals surface area contributed by atoms with Crippen LogP contribution in [-0.2, 0) is 13.0 Å². The van der Waals surface area contributed by atoms with Crippen LogP contribution < -0.4 is 10.2 Å². The molecule has 2 aromatic heterocycles. The highest BCUT2D eigenvalue weighted by Gasteiger charge is 2.42. The van der Waals surface area contributed by atoms with Gasteiger partial charge in [-0.3, -0.25) is 4.98 Å². The minimum atomic E-state index is 0.000331. The highest BCUT2D eigenvalue weighted by molar-refractivity contribution is 7.80. The van der Waals surface area contributed by atoms with E-state index in [-0.39, 0.29) is 12.1 Å². The van der Waals surface area contributed by atoms with Gasteiger partial charge in [0.25, 0.3) is 0 Å². The topological polar surface area (TPSA) is 33.1 Å². The van der Waals surface area contributed by atoms with E-state index in [1.807, 2.05) is 18.3 Å². The van der Waals surface area contributed by atoms with Gasteiger partial charge in [0.2, 0.25) is 0 Å². The van der Waals surface area contributed by atoms with E-state index in [0.717, 1.165) is 29.5 Å². The van der Waals surface area contributed by atoms with Gasteiger partial charge < -0.3 is 14.8 Å². The first-order valence-corrected chi connectivity index (χ1v) is 10.7. The molecule has 0 saturated carbocycles. The molecule has 29 heavy (non-hydrogen) atoms. The number of hydrogen-bond acceptors (Lipinski definition) is 2. The van der Waals surface area contributed by atoms with Crippen LogP contribution in [-0.4, -0.2) is 14.7 Å². The number of anilines is 1. The van der Waals surface area contributed by atoms with Gasteiger partial charge in [0.15, 0.2) is 5.11 Å². The van der Waals surface area contributed by atoms with Crippen LogP contribution in [0.3, 0.4) is 0 Å². The third kappa shape index (κ3) is 3.44. The summed E-state index contributed by atoms with van der Waals surface area (Å²) in [6.45, 7) is 9.72. The molecule has 1 aliphatic rings. The largest absolute Gasteiger partial charge is 0.351 e. The molecule has 0 bridgehead atoms. The molecule has 4 nitrogen and oxygen atoms in total. The zero-order valence-corrected chi connectivity index (χ0v) is 18.3. The lowest BCUT2D eigenvalue weighted by Crippen LogP contribution is -2.29. The second kappa shape index (κ2) is 7.99. The van der Waals surface area contributed by atoms with Crippen LogP contribution in [0.5, 0.6) is 0 Å². The normalized spacial score (nSPS) is 18.9. The Morgan fingerprint density at radius 3 is 2.41 bits per heavy atom. The molecule has 1 aliphatic heterocycles. The number of thiocarbonyl (C=S) groups is 1. The maximum Gasteiger partial charge on any atom is 0.174 e. The van der Waals surface area contributed by atoms with Crippen LogP contribution in [0.2, 0.25) is 0 Å². The molecule has 1 fully saturated rings. The van der Waals surface area contributed by atoms with Gasteiger partial charge in [-0.15, -0.1) is 0 Å². The number of benzene rings is 1. The number of rotatable bonds is 5. The van der Waals surface area contributed by atoms with Crippen molar-refractivity contribution in [2.24, 2.45) is 0 Å². The van der Waals surface area contributed by atoms with E-state index in [2.05, 4.69) is 83.9 Å². The Morgan fingerprint density at radius 2 is 1.83 bits per heavy atom. The summed E-state index contributed by atoms with van der Waals surface area (Å²) in [6.07, 6.45) is 2.88. The van der Waals surface area contributed by atoms with Gasteiger partial charge in [0, 0.05) is 29.8 Å². The predicted molar refractivity (Wildman–Crippen MR) is 123 cm³/mol. The third-order valence-corrected chi connectivity index (χ3v) is 6.28. The maximum absolute atomic E-state index is 5.83. The molecule has 5 heteroatoms. The second-order valence-corrected chi connectivity index (χ2v) is 7.97. The molecule has 1 N–H and O–H groups in total. The van der Waals surface area contributed by atoms with E-state index in [1.165, 1.54) is 22.5 Å². The smallest absolute Gasteiger partial charge is 0.174 e. The Morgan fingerprint density at radius 1 is 1.07 bits per heavy atom. The van der Waals surface area contributed by atoms with E-state index in [1.54, 1.807) is 0 Å². The highest BCUT2D eigenvalue weighted by Crippen LogP contribution is 2.43. The summed E-state index contributed by atoms with van der Waals surface area (Å²) in [6, 6.07) is 17.2. The summed E-state index contributed by atoms with van der Waals surface area (Å²) in [5, 5.41) is 4.30. The summed E-state index contributed by atoms with van der Waals surface area (Å²) >= 11 is 5.83. The lowest BCUT2D eigenvalue weighted by Gasteiger charge is -2.28. The SMILES string of the molecule is CCc1ccc(N2C(=S)N[C@@H](c3ccccn3)[C@H]2c2cc(C)n(CC)c2C)cc1. The van der Waals surface area contributed by atoms with Gasteiger partial charge in [0.1, 0.15) is 0 Å². The molecule has 1 saturated heterocycles. The van der Waals surface area contributed by atoms with E-state index in [0.29, 0.717) is 0 Å². The Bertz CT molecular complexity index is 1010. The lowest BCUT2D eigenvalue weighted by atomic mass is 9.96. The number of hydrogen-bond donors (Lipinski definition) is 1. The first-order chi connectivity index (χ1) is 14.0. The van der Waals surface area contributed by atoms with Crippen molar-refractivity contribution in [1.82, 2.24) is 14.9 Å². The summed E-state index contributed by atoms with van der Waals surface area (Å²) in [7, 11) is 0. The summed E-state index contributed by atoms with van der Waals surface area (Å²) in [4.78, 5) is 6.91. The van der Waals surface area contributed by atoms with E-state index >= 15 is 0 Å². The number of nitrogens with one attached hydrogen (secondary N) is 1. The van der Waals surface area contributed by atoms with Crippen LogP contribution in [0, 0.1) is 13.8 Å². The van der Waals surface area contributed by atoms with Gasteiger partial charge in [-0.2, -0.15) is 0 Å².